The highest BCUT2D eigenvalue weighted by Gasteiger charge is 2.10. The Morgan fingerprint density at radius 1 is 1.08 bits per heavy atom. The van der Waals surface area contributed by atoms with E-state index in [2.05, 4.69) is 10.5 Å². The van der Waals surface area contributed by atoms with E-state index in [0.717, 1.165) is 22.3 Å². The summed E-state index contributed by atoms with van der Waals surface area (Å²) in [6, 6.07) is 11.6. The van der Waals surface area contributed by atoms with Crippen molar-refractivity contribution in [2.75, 3.05) is 14.2 Å². The van der Waals surface area contributed by atoms with Crippen LogP contribution in [0.5, 0.6) is 11.5 Å². The Balaban J connectivity index is 2.10. The maximum absolute atomic E-state index is 12.2. The zero-order chi connectivity index (χ0) is 18.4. The Morgan fingerprint density at radius 2 is 1.84 bits per heavy atom. The third-order valence-electron chi connectivity index (χ3n) is 4.00. The van der Waals surface area contributed by atoms with Crippen LogP contribution in [-0.4, -0.2) is 25.8 Å². The number of nitrogens with one attached hydrogen (secondary N) is 1. The Kier molecular flexibility index (Phi) is 6.17. The molecule has 2 aromatic carbocycles. The quantitative estimate of drug-likeness (QED) is 0.647. The lowest BCUT2D eigenvalue weighted by molar-refractivity contribution is -0.120. The molecule has 0 heterocycles. The molecule has 25 heavy (non-hydrogen) atoms. The van der Waals surface area contributed by atoms with Crippen LogP contribution < -0.4 is 14.9 Å². The first-order valence-electron chi connectivity index (χ1n) is 8.06. The van der Waals surface area contributed by atoms with Gasteiger partial charge in [-0.25, -0.2) is 5.43 Å². The molecule has 2 rings (SSSR count). The largest absolute Gasteiger partial charge is 0.497 e. The number of carbonyl (C=O) groups excluding carboxylic acids is 1. The molecule has 2 aromatic rings. The van der Waals surface area contributed by atoms with Gasteiger partial charge in [0, 0.05) is 11.6 Å². The fraction of sp³-hybridized carbons (Fsp3) is 0.300. The first-order valence-corrected chi connectivity index (χ1v) is 8.06. The van der Waals surface area contributed by atoms with E-state index in [4.69, 9.17) is 9.47 Å². The van der Waals surface area contributed by atoms with Crippen LogP contribution in [0.25, 0.3) is 0 Å². The predicted octanol–water partition coefficient (Wildman–Crippen LogP) is 3.40. The first kappa shape index (κ1) is 18.5. The van der Waals surface area contributed by atoms with Crippen molar-refractivity contribution in [1.29, 1.82) is 0 Å². The Labute approximate surface area is 148 Å². The minimum Gasteiger partial charge on any atom is -0.497 e. The number of nitrogens with zero attached hydrogens (tertiary/aromatic N) is 1. The molecule has 0 saturated carbocycles. The van der Waals surface area contributed by atoms with Crippen LogP contribution in [0.1, 0.15) is 29.2 Å². The predicted molar refractivity (Wildman–Crippen MR) is 99.5 cm³/mol. The van der Waals surface area contributed by atoms with Crippen LogP contribution in [0.3, 0.4) is 0 Å². The van der Waals surface area contributed by atoms with Crippen LogP contribution in [0, 0.1) is 13.8 Å². The van der Waals surface area contributed by atoms with Crippen molar-refractivity contribution < 1.29 is 14.3 Å². The van der Waals surface area contributed by atoms with Gasteiger partial charge in [-0.05, 0) is 44.0 Å². The van der Waals surface area contributed by atoms with Crippen LogP contribution in [0.2, 0.25) is 0 Å². The fourth-order valence-corrected chi connectivity index (χ4v) is 2.51. The van der Waals surface area contributed by atoms with Gasteiger partial charge < -0.3 is 9.47 Å². The maximum Gasteiger partial charge on any atom is 0.244 e. The summed E-state index contributed by atoms with van der Waals surface area (Å²) in [5.74, 6) is 1.19. The van der Waals surface area contributed by atoms with Crippen LogP contribution >= 0.6 is 0 Å². The molecule has 0 aliphatic carbocycles. The number of methoxy groups -OCH3 is 2. The summed E-state index contributed by atoms with van der Waals surface area (Å²) in [4.78, 5) is 12.2. The molecule has 0 unspecified atom stereocenters. The average molecular weight is 340 g/mol. The number of ether oxygens (including phenoxy) is 2. The number of aryl methyl sites for hydroxylation is 2. The number of hydrazone groups is 1. The normalized spacial score (nSPS) is 11.2. The Morgan fingerprint density at radius 3 is 2.52 bits per heavy atom. The number of amides is 1. The van der Waals surface area contributed by atoms with Gasteiger partial charge >= 0.3 is 0 Å². The summed E-state index contributed by atoms with van der Waals surface area (Å²) in [6.07, 6.45) is 0.296. The summed E-state index contributed by atoms with van der Waals surface area (Å²) in [5.41, 5.74) is 7.32. The van der Waals surface area contributed by atoms with Crippen molar-refractivity contribution in [2.24, 2.45) is 5.10 Å². The number of hydrogen-bond donors (Lipinski definition) is 1. The number of rotatable bonds is 6. The third-order valence-corrected chi connectivity index (χ3v) is 4.00. The van der Waals surface area contributed by atoms with Gasteiger partial charge in [-0.2, -0.15) is 5.10 Å². The van der Waals surface area contributed by atoms with Gasteiger partial charge in [0.05, 0.1) is 26.4 Å². The van der Waals surface area contributed by atoms with Gasteiger partial charge in [-0.3, -0.25) is 4.79 Å². The topological polar surface area (TPSA) is 59.9 Å². The van der Waals surface area contributed by atoms with Gasteiger partial charge in [0.25, 0.3) is 0 Å². The molecule has 5 nitrogen and oxygen atoms in total. The standard InChI is InChI=1S/C20H24N2O3/c1-13-6-7-14(2)16(10-13)11-20(23)22-21-15(3)18-9-8-17(24-4)12-19(18)25-5/h6-10,12H,11H2,1-5H3,(H,22,23)/b21-15-. The second-order valence-corrected chi connectivity index (χ2v) is 5.91. The van der Waals surface area contributed by atoms with Crippen molar-refractivity contribution in [2.45, 2.75) is 27.2 Å². The molecule has 5 heteroatoms. The summed E-state index contributed by atoms with van der Waals surface area (Å²) >= 11 is 0. The van der Waals surface area contributed by atoms with Crippen LogP contribution in [-0.2, 0) is 11.2 Å². The minimum absolute atomic E-state index is 0.152. The van der Waals surface area contributed by atoms with Gasteiger partial charge in [0.15, 0.2) is 0 Å². The Hall–Kier alpha value is -2.82. The molecule has 0 fully saturated rings. The molecule has 0 radical (unpaired) electrons. The molecule has 0 atom stereocenters. The van der Waals surface area contributed by atoms with Crippen LogP contribution in [0.4, 0.5) is 0 Å². The summed E-state index contributed by atoms with van der Waals surface area (Å²) in [7, 11) is 3.19. The number of benzene rings is 2. The van der Waals surface area contributed by atoms with Crippen LogP contribution in [0.15, 0.2) is 41.5 Å². The van der Waals surface area contributed by atoms with Gasteiger partial charge in [0.1, 0.15) is 11.5 Å². The molecule has 0 bridgehead atoms. The molecule has 1 N–H and O–H groups in total. The first-order chi connectivity index (χ1) is 11.9. The zero-order valence-electron chi connectivity index (χ0n) is 15.3. The molecule has 0 aliphatic heterocycles. The maximum atomic E-state index is 12.2. The summed E-state index contributed by atoms with van der Waals surface area (Å²) in [6.45, 7) is 5.83. The van der Waals surface area contributed by atoms with E-state index in [9.17, 15) is 4.79 Å². The van der Waals surface area contributed by atoms with E-state index >= 15 is 0 Å². The lowest BCUT2D eigenvalue weighted by atomic mass is 10.0. The monoisotopic (exact) mass is 340 g/mol. The SMILES string of the molecule is COc1ccc(/C(C)=N\NC(=O)Cc2cc(C)ccc2C)c(OC)c1. The molecule has 0 spiro atoms. The van der Waals surface area contributed by atoms with E-state index in [1.54, 1.807) is 20.3 Å². The van der Waals surface area contributed by atoms with E-state index in [1.165, 1.54) is 0 Å². The molecule has 132 valence electrons. The summed E-state index contributed by atoms with van der Waals surface area (Å²) in [5, 5.41) is 4.20. The van der Waals surface area contributed by atoms with Gasteiger partial charge in [-0.1, -0.05) is 23.8 Å². The lowest BCUT2D eigenvalue weighted by Gasteiger charge is -2.10. The molecular formula is C20H24N2O3. The highest BCUT2D eigenvalue weighted by atomic mass is 16.5. The highest BCUT2D eigenvalue weighted by molar-refractivity contribution is 6.01. The van der Waals surface area contributed by atoms with Crippen molar-refractivity contribution >= 4 is 11.6 Å². The zero-order valence-corrected chi connectivity index (χ0v) is 15.3. The van der Waals surface area contributed by atoms with Crippen molar-refractivity contribution in [3.63, 3.8) is 0 Å². The van der Waals surface area contributed by atoms with Gasteiger partial charge in [-0.15, -0.1) is 0 Å². The molecule has 0 aliphatic rings. The van der Waals surface area contributed by atoms with Crippen molar-refractivity contribution in [3.8, 4) is 11.5 Å². The second-order valence-electron chi connectivity index (χ2n) is 5.91. The number of carbonyl (C=O) groups is 1. The number of hydrogen-bond acceptors (Lipinski definition) is 4. The molecule has 1 amide bonds. The highest BCUT2D eigenvalue weighted by Crippen LogP contribution is 2.25. The van der Waals surface area contributed by atoms with E-state index in [0.29, 0.717) is 23.6 Å². The average Bonchev–Trinajstić information content (AvgIpc) is 2.62. The van der Waals surface area contributed by atoms with E-state index < -0.39 is 0 Å². The fourth-order valence-electron chi connectivity index (χ4n) is 2.51. The van der Waals surface area contributed by atoms with E-state index in [1.807, 2.05) is 51.1 Å². The van der Waals surface area contributed by atoms with E-state index in [-0.39, 0.29) is 5.91 Å². The van der Waals surface area contributed by atoms with Gasteiger partial charge in [0.2, 0.25) is 5.91 Å². The molecular weight excluding hydrogens is 316 g/mol. The minimum atomic E-state index is -0.152. The molecule has 0 saturated heterocycles. The third kappa shape index (κ3) is 4.83. The van der Waals surface area contributed by atoms with Crippen molar-refractivity contribution in [3.05, 3.63) is 58.7 Å². The Bertz CT molecular complexity index is 798. The second kappa shape index (κ2) is 8.33. The smallest absolute Gasteiger partial charge is 0.244 e. The lowest BCUT2D eigenvalue weighted by Crippen LogP contribution is -2.21. The summed E-state index contributed by atoms with van der Waals surface area (Å²) < 4.78 is 10.6. The molecule has 0 aromatic heterocycles. The van der Waals surface area contributed by atoms with Crippen molar-refractivity contribution in [1.82, 2.24) is 5.43 Å².